The smallest absolute Gasteiger partial charge is 0.253 e. The first-order valence-corrected chi connectivity index (χ1v) is 4.87. The fourth-order valence-electron chi connectivity index (χ4n) is 0.691. The van der Waals surface area contributed by atoms with Gasteiger partial charge in [-0.3, -0.25) is 4.79 Å². The molecule has 0 heterocycles. The van der Waals surface area contributed by atoms with Gasteiger partial charge in [-0.15, -0.1) is 0 Å². The average molecular weight is 314 g/mol. The second-order valence-electron chi connectivity index (χ2n) is 2.03. The van der Waals surface area contributed by atoms with Crippen LogP contribution in [0.15, 0.2) is 21.1 Å². The van der Waals surface area contributed by atoms with Crippen LogP contribution in [0.4, 0.5) is 0 Å². The van der Waals surface area contributed by atoms with Gasteiger partial charge in [0.15, 0.2) is 0 Å². The minimum Gasteiger partial charge on any atom is -0.507 e. The number of hydrogen-bond donors (Lipinski definition) is 1. The molecular weight excluding hydrogens is 311 g/mol. The maximum Gasteiger partial charge on any atom is 0.253 e. The summed E-state index contributed by atoms with van der Waals surface area (Å²) in [5.41, 5.74) is 0.321. The molecule has 2 nitrogen and oxygen atoms in total. The predicted octanol–water partition coefficient (Wildman–Crippen LogP) is 3.30. The molecule has 0 saturated heterocycles. The first-order chi connectivity index (χ1) is 5.54. The van der Waals surface area contributed by atoms with Crippen LogP contribution < -0.4 is 0 Å². The molecule has 0 amide bonds. The third kappa shape index (κ3) is 1.81. The van der Waals surface area contributed by atoms with E-state index in [4.69, 9.17) is 11.6 Å². The van der Waals surface area contributed by atoms with Crippen molar-refractivity contribution < 1.29 is 9.90 Å². The van der Waals surface area contributed by atoms with E-state index in [1.807, 2.05) is 0 Å². The van der Waals surface area contributed by atoms with Gasteiger partial charge >= 0.3 is 0 Å². The highest BCUT2D eigenvalue weighted by Gasteiger charge is 2.12. The molecule has 5 heteroatoms. The molecule has 0 aliphatic carbocycles. The van der Waals surface area contributed by atoms with Crippen molar-refractivity contribution in [3.8, 4) is 5.75 Å². The Bertz CT molecular complexity index is 338. The summed E-state index contributed by atoms with van der Waals surface area (Å²) in [5.74, 6) is 0.0588. The lowest BCUT2D eigenvalue weighted by Crippen LogP contribution is -1.90. The number of halogens is 3. The van der Waals surface area contributed by atoms with Crippen LogP contribution in [0, 0.1) is 0 Å². The molecule has 0 aliphatic heterocycles. The Balaban J connectivity index is 3.36. The standard InChI is InChI=1S/C7H3Br2ClO2/c8-5-3(7(10)12)1-2-4(11)6(5)9/h1-2,11H. The first kappa shape index (κ1) is 10.0. The first-order valence-electron chi connectivity index (χ1n) is 2.91. The van der Waals surface area contributed by atoms with Crippen LogP contribution in [0.3, 0.4) is 0 Å². The third-order valence-corrected chi connectivity index (χ3v) is 3.64. The highest BCUT2D eigenvalue weighted by atomic mass is 79.9. The minimum absolute atomic E-state index is 0.0588. The third-order valence-electron chi connectivity index (χ3n) is 1.27. The van der Waals surface area contributed by atoms with Crippen LogP contribution in [0.25, 0.3) is 0 Å². The van der Waals surface area contributed by atoms with Gasteiger partial charge < -0.3 is 5.11 Å². The van der Waals surface area contributed by atoms with Gasteiger partial charge in [-0.05, 0) is 55.6 Å². The van der Waals surface area contributed by atoms with Gasteiger partial charge in [0.1, 0.15) is 5.75 Å². The number of rotatable bonds is 1. The number of carbonyl (C=O) groups excluding carboxylic acids is 1. The highest BCUT2D eigenvalue weighted by molar-refractivity contribution is 9.13. The van der Waals surface area contributed by atoms with E-state index in [9.17, 15) is 9.90 Å². The van der Waals surface area contributed by atoms with Crippen LogP contribution >= 0.6 is 43.5 Å². The van der Waals surface area contributed by atoms with Crippen molar-refractivity contribution in [1.29, 1.82) is 0 Å². The van der Waals surface area contributed by atoms with Gasteiger partial charge in [-0.1, -0.05) is 0 Å². The lowest BCUT2D eigenvalue weighted by molar-refractivity contribution is 0.108. The molecule has 0 aliphatic rings. The molecule has 1 rings (SSSR count). The topological polar surface area (TPSA) is 37.3 Å². The Morgan fingerprint density at radius 3 is 2.42 bits per heavy atom. The highest BCUT2D eigenvalue weighted by Crippen LogP contribution is 2.34. The minimum atomic E-state index is -0.567. The summed E-state index contributed by atoms with van der Waals surface area (Å²) in [5, 5.41) is 8.61. The summed E-state index contributed by atoms with van der Waals surface area (Å²) >= 11 is 11.5. The Kier molecular flexibility index (Phi) is 3.15. The molecule has 1 aromatic rings. The Morgan fingerprint density at radius 2 is 1.92 bits per heavy atom. The van der Waals surface area contributed by atoms with E-state index in [1.54, 1.807) is 0 Å². The van der Waals surface area contributed by atoms with Gasteiger partial charge in [0.2, 0.25) is 0 Å². The van der Waals surface area contributed by atoms with Crippen LogP contribution in [0.5, 0.6) is 5.75 Å². The largest absolute Gasteiger partial charge is 0.507 e. The maximum absolute atomic E-state index is 10.8. The molecular formula is C7H3Br2ClO2. The van der Waals surface area contributed by atoms with E-state index in [-0.39, 0.29) is 5.75 Å². The second-order valence-corrected chi connectivity index (χ2v) is 3.96. The Labute approximate surface area is 90.8 Å². The van der Waals surface area contributed by atoms with E-state index in [1.165, 1.54) is 12.1 Å². The van der Waals surface area contributed by atoms with Crippen molar-refractivity contribution in [2.75, 3.05) is 0 Å². The lowest BCUT2D eigenvalue weighted by Gasteiger charge is -2.02. The number of phenols is 1. The van der Waals surface area contributed by atoms with Crippen molar-refractivity contribution in [2.45, 2.75) is 0 Å². The molecule has 64 valence electrons. The number of hydrogen-bond acceptors (Lipinski definition) is 2. The van der Waals surface area contributed by atoms with Crippen molar-refractivity contribution in [3.63, 3.8) is 0 Å². The molecule has 0 spiro atoms. The number of aromatic hydroxyl groups is 1. The predicted molar refractivity (Wildman–Crippen MR) is 53.7 cm³/mol. The summed E-state index contributed by atoms with van der Waals surface area (Å²) < 4.78 is 0.886. The van der Waals surface area contributed by atoms with Crippen molar-refractivity contribution in [3.05, 3.63) is 26.6 Å². The van der Waals surface area contributed by atoms with E-state index in [0.29, 0.717) is 14.5 Å². The van der Waals surface area contributed by atoms with Crippen LogP contribution in [-0.2, 0) is 0 Å². The second kappa shape index (κ2) is 3.77. The molecule has 0 radical (unpaired) electrons. The SMILES string of the molecule is O=C(Cl)c1ccc(O)c(Br)c1Br. The Morgan fingerprint density at radius 1 is 1.33 bits per heavy atom. The van der Waals surface area contributed by atoms with Gasteiger partial charge in [-0.25, -0.2) is 0 Å². The van der Waals surface area contributed by atoms with E-state index in [2.05, 4.69) is 31.9 Å². The van der Waals surface area contributed by atoms with Gasteiger partial charge in [0.05, 0.1) is 4.47 Å². The van der Waals surface area contributed by atoms with Gasteiger partial charge in [-0.2, -0.15) is 0 Å². The fraction of sp³-hybridized carbons (Fsp3) is 0. The van der Waals surface area contributed by atoms with E-state index in [0.717, 1.165) is 0 Å². The summed E-state index contributed by atoms with van der Waals surface area (Å²) in [7, 11) is 0. The zero-order chi connectivity index (χ0) is 9.30. The molecule has 0 unspecified atom stereocenters. The Hall–Kier alpha value is -0.0600. The molecule has 0 aromatic heterocycles. The van der Waals surface area contributed by atoms with Crippen LogP contribution in [0.1, 0.15) is 10.4 Å². The van der Waals surface area contributed by atoms with E-state index < -0.39 is 5.24 Å². The monoisotopic (exact) mass is 312 g/mol. The summed E-state index contributed by atoms with van der Waals surface area (Å²) in [4.78, 5) is 10.8. The number of carbonyl (C=O) groups is 1. The molecule has 1 N–H and O–H groups in total. The molecule has 0 fully saturated rings. The van der Waals surface area contributed by atoms with Crippen LogP contribution in [-0.4, -0.2) is 10.3 Å². The van der Waals surface area contributed by atoms with Crippen molar-refractivity contribution >= 4 is 48.7 Å². The normalized spacial score (nSPS) is 9.92. The average Bonchev–Trinajstić information content (AvgIpc) is 2.00. The zero-order valence-electron chi connectivity index (χ0n) is 5.64. The van der Waals surface area contributed by atoms with Crippen molar-refractivity contribution in [1.82, 2.24) is 0 Å². The van der Waals surface area contributed by atoms with Crippen LogP contribution in [0.2, 0.25) is 0 Å². The number of phenolic OH excluding ortho intramolecular Hbond substituents is 1. The quantitative estimate of drug-likeness (QED) is 0.808. The van der Waals surface area contributed by atoms with Crippen molar-refractivity contribution in [2.24, 2.45) is 0 Å². The molecule has 0 atom stereocenters. The molecule has 0 saturated carbocycles. The summed E-state index contributed by atoms with van der Waals surface area (Å²) in [6, 6.07) is 2.84. The summed E-state index contributed by atoms with van der Waals surface area (Å²) in [6.45, 7) is 0. The maximum atomic E-state index is 10.8. The fourth-order valence-corrected chi connectivity index (χ4v) is 1.82. The summed E-state index contributed by atoms with van der Waals surface area (Å²) in [6.07, 6.45) is 0. The van der Waals surface area contributed by atoms with Gasteiger partial charge in [0, 0.05) is 10.0 Å². The molecule has 0 bridgehead atoms. The lowest BCUT2D eigenvalue weighted by atomic mass is 10.2. The van der Waals surface area contributed by atoms with Gasteiger partial charge in [0.25, 0.3) is 5.24 Å². The zero-order valence-corrected chi connectivity index (χ0v) is 9.57. The van der Waals surface area contributed by atoms with E-state index >= 15 is 0 Å². The number of benzene rings is 1. The molecule has 12 heavy (non-hydrogen) atoms. The molecule has 1 aromatic carbocycles.